The van der Waals surface area contributed by atoms with E-state index in [1.165, 1.54) is 24.5 Å². The van der Waals surface area contributed by atoms with E-state index in [0.29, 0.717) is 5.02 Å². The molecule has 0 unspecified atom stereocenters. The third-order valence-corrected chi connectivity index (χ3v) is 2.42. The summed E-state index contributed by atoms with van der Waals surface area (Å²) in [7, 11) is 1.34. The molecule has 0 aromatic carbocycles. The van der Waals surface area contributed by atoms with Gasteiger partial charge in [0.25, 0.3) is 0 Å². The number of hydrogen-bond acceptors (Lipinski definition) is 3. The molecule has 0 aliphatic heterocycles. The van der Waals surface area contributed by atoms with Gasteiger partial charge in [0.1, 0.15) is 0 Å². The normalized spacial score (nSPS) is 10.5. The first-order valence-electron chi connectivity index (χ1n) is 3.22. The van der Waals surface area contributed by atoms with E-state index in [9.17, 15) is 4.79 Å². The van der Waals surface area contributed by atoms with Crippen LogP contribution >= 0.6 is 22.9 Å². The molecular weight excluding hydrogens is 196 g/mol. The van der Waals surface area contributed by atoms with Gasteiger partial charge in [0, 0.05) is 16.3 Å². The van der Waals surface area contributed by atoms with Crippen LogP contribution in [0.5, 0.6) is 0 Å². The Morgan fingerprint density at radius 2 is 2.50 bits per heavy atom. The van der Waals surface area contributed by atoms with E-state index in [1.807, 2.05) is 0 Å². The summed E-state index contributed by atoms with van der Waals surface area (Å²) in [6.07, 6.45) is 3.03. The van der Waals surface area contributed by atoms with Gasteiger partial charge in [-0.2, -0.15) is 0 Å². The molecule has 0 spiro atoms. The van der Waals surface area contributed by atoms with Crippen molar-refractivity contribution in [3.8, 4) is 0 Å². The highest BCUT2D eigenvalue weighted by atomic mass is 35.5. The van der Waals surface area contributed by atoms with Crippen molar-refractivity contribution < 1.29 is 9.53 Å². The fraction of sp³-hybridized carbons (Fsp3) is 0.125. The molecule has 64 valence electrons. The van der Waals surface area contributed by atoms with Crippen LogP contribution in [0.1, 0.15) is 4.88 Å². The number of esters is 1. The quantitative estimate of drug-likeness (QED) is 0.544. The van der Waals surface area contributed by atoms with Crippen LogP contribution in [0.15, 0.2) is 17.5 Å². The van der Waals surface area contributed by atoms with E-state index in [4.69, 9.17) is 11.6 Å². The monoisotopic (exact) mass is 202 g/mol. The van der Waals surface area contributed by atoms with Gasteiger partial charge in [-0.25, -0.2) is 4.79 Å². The molecule has 1 heterocycles. The van der Waals surface area contributed by atoms with Gasteiger partial charge in [-0.1, -0.05) is 11.6 Å². The largest absolute Gasteiger partial charge is 0.466 e. The summed E-state index contributed by atoms with van der Waals surface area (Å²) in [6, 6.07) is 1.78. The number of carbonyl (C=O) groups excluding carboxylic acids is 1. The van der Waals surface area contributed by atoms with Crippen molar-refractivity contribution >= 4 is 35.0 Å². The van der Waals surface area contributed by atoms with Gasteiger partial charge in [-0.15, -0.1) is 11.3 Å². The molecule has 0 atom stereocenters. The number of rotatable bonds is 2. The van der Waals surface area contributed by atoms with Crippen LogP contribution < -0.4 is 0 Å². The van der Waals surface area contributed by atoms with Gasteiger partial charge in [-0.05, 0) is 12.1 Å². The molecule has 0 saturated carbocycles. The second-order valence-electron chi connectivity index (χ2n) is 2.02. The number of halogens is 1. The van der Waals surface area contributed by atoms with E-state index < -0.39 is 0 Å². The minimum atomic E-state index is -0.362. The molecule has 0 bridgehead atoms. The van der Waals surface area contributed by atoms with Crippen LogP contribution in [0.2, 0.25) is 5.02 Å². The molecule has 12 heavy (non-hydrogen) atoms. The predicted octanol–water partition coefficient (Wildman–Crippen LogP) is 2.59. The number of methoxy groups -OCH3 is 1. The zero-order valence-corrected chi connectivity index (χ0v) is 7.98. The van der Waals surface area contributed by atoms with Crippen molar-refractivity contribution in [1.29, 1.82) is 0 Å². The summed E-state index contributed by atoms with van der Waals surface area (Å²) in [4.78, 5) is 11.6. The lowest BCUT2D eigenvalue weighted by Crippen LogP contribution is -1.92. The first-order chi connectivity index (χ1) is 5.72. The second kappa shape index (κ2) is 4.28. The highest BCUT2D eigenvalue weighted by molar-refractivity contribution is 7.11. The van der Waals surface area contributed by atoms with E-state index in [2.05, 4.69) is 4.74 Å². The Bertz CT molecular complexity index is 304. The molecule has 1 aromatic heterocycles. The van der Waals surface area contributed by atoms with Crippen molar-refractivity contribution in [1.82, 2.24) is 0 Å². The molecule has 1 rings (SSSR count). The van der Waals surface area contributed by atoms with E-state index in [-0.39, 0.29) is 5.97 Å². The number of hydrogen-bond donors (Lipinski definition) is 0. The summed E-state index contributed by atoms with van der Waals surface area (Å²) in [5.74, 6) is -0.362. The van der Waals surface area contributed by atoms with Gasteiger partial charge in [-0.3, -0.25) is 0 Å². The maximum absolute atomic E-state index is 10.7. The minimum Gasteiger partial charge on any atom is -0.466 e. The first-order valence-corrected chi connectivity index (χ1v) is 4.48. The lowest BCUT2D eigenvalue weighted by Gasteiger charge is -1.87. The highest BCUT2D eigenvalue weighted by Gasteiger charge is 1.94. The summed E-state index contributed by atoms with van der Waals surface area (Å²) in [6.45, 7) is 0. The van der Waals surface area contributed by atoms with E-state index in [0.717, 1.165) is 4.88 Å². The highest BCUT2D eigenvalue weighted by Crippen LogP contribution is 2.19. The average molecular weight is 203 g/mol. The van der Waals surface area contributed by atoms with Gasteiger partial charge in [0.05, 0.1) is 12.1 Å². The molecule has 0 N–H and O–H groups in total. The van der Waals surface area contributed by atoms with Crippen LogP contribution in [-0.4, -0.2) is 13.1 Å². The number of ether oxygens (including phenoxy) is 1. The minimum absolute atomic E-state index is 0.362. The van der Waals surface area contributed by atoms with Crippen molar-refractivity contribution in [2.45, 2.75) is 0 Å². The predicted molar refractivity (Wildman–Crippen MR) is 50.4 cm³/mol. The second-order valence-corrected chi connectivity index (χ2v) is 3.40. The van der Waals surface area contributed by atoms with Gasteiger partial charge in [0.15, 0.2) is 0 Å². The maximum atomic E-state index is 10.7. The lowest BCUT2D eigenvalue weighted by molar-refractivity contribution is -0.134. The SMILES string of the molecule is COC(=O)/C=C/c1cc(Cl)cs1. The van der Waals surface area contributed by atoms with Crippen LogP contribution in [0.3, 0.4) is 0 Å². The molecule has 0 saturated heterocycles. The standard InChI is InChI=1S/C8H7ClO2S/c1-11-8(10)3-2-7-4-6(9)5-12-7/h2-5H,1H3/b3-2+. The fourth-order valence-corrected chi connectivity index (χ4v) is 1.61. The van der Waals surface area contributed by atoms with Crippen molar-refractivity contribution in [3.05, 3.63) is 27.4 Å². The zero-order chi connectivity index (χ0) is 8.97. The Morgan fingerprint density at radius 1 is 1.75 bits per heavy atom. The van der Waals surface area contributed by atoms with Gasteiger partial charge in [0.2, 0.25) is 0 Å². The van der Waals surface area contributed by atoms with Crippen molar-refractivity contribution in [2.75, 3.05) is 7.11 Å². The van der Waals surface area contributed by atoms with E-state index in [1.54, 1.807) is 17.5 Å². The summed E-state index contributed by atoms with van der Waals surface area (Å²) in [5, 5.41) is 2.49. The number of carbonyl (C=O) groups is 1. The summed E-state index contributed by atoms with van der Waals surface area (Å²) in [5.41, 5.74) is 0. The van der Waals surface area contributed by atoms with Crippen LogP contribution in [0, 0.1) is 0 Å². The Labute approximate surface area is 79.4 Å². The first kappa shape index (κ1) is 9.29. The van der Waals surface area contributed by atoms with Crippen LogP contribution in [-0.2, 0) is 9.53 Å². The van der Waals surface area contributed by atoms with Gasteiger partial charge < -0.3 is 4.74 Å². The Kier molecular flexibility index (Phi) is 3.31. The average Bonchev–Trinajstić information content (AvgIpc) is 2.47. The molecule has 0 amide bonds. The third-order valence-electron chi connectivity index (χ3n) is 1.17. The van der Waals surface area contributed by atoms with E-state index >= 15 is 0 Å². The third kappa shape index (κ3) is 2.68. The molecule has 0 radical (unpaired) electrons. The molecular formula is C8H7ClO2S. The van der Waals surface area contributed by atoms with Crippen molar-refractivity contribution in [3.63, 3.8) is 0 Å². The molecule has 0 aliphatic rings. The molecule has 0 aliphatic carbocycles. The zero-order valence-electron chi connectivity index (χ0n) is 6.41. The Balaban J connectivity index is 2.63. The molecule has 2 nitrogen and oxygen atoms in total. The number of thiophene rings is 1. The smallest absolute Gasteiger partial charge is 0.330 e. The summed E-state index contributed by atoms with van der Waals surface area (Å²) >= 11 is 7.15. The Hall–Kier alpha value is -0.800. The van der Waals surface area contributed by atoms with Gasteiger partial charge >= 0.3 is 5.97 Å². The molecule has 4 heteroatoms. The fourth-order valence-electron chi connectivity index (χ4n) is 0.634. The van der Waals surface area contributed by atoms with Crippen molar-refractivity contribution in [2.24, 2.45) is 0 Å². The lowest BCUT2D eigenvalue weighted by atomic mass is 10.4. The topological polar surface area (TPSA) is 26.3 Å². The maximum Gasteiger partial charge on any atom is 0.330 e. The van der Waals surface area contributed by atoms with Crippen LogP contribution in [0.25, 0.3) is 6.08 Å². The molecule has 1 aromatic rings. The molecule has 0 fully saturated rings. The van der Waals surface area contributed by atoms with Crippen LogP contribution in [0.4, 0.5) is 0 Å². The summed E-state index contributed by atoms with van der Waals surface area (Å²) < 4.78 is 4.42. The Morgan fingerprint density at radius 3 is 3.00 bits per heavy atom.